The number of sulfonamides is 1. The maximum Gasteiger partial charge on any atom is 0.244 e. The molecule has 184 valence electrons. The van der Waals surface area contributed by atoms with E-state index < -0.39 is 10.0 Å². The Bertz CT molecular complexity index is 1070. The van der Waals surface area contributed by atoms with Crippen LogP contribution in [-0.2, 0) is 14.8 Å². The third kappa shape index (κ3) is 6.91. The van der Waals surface area contributed by atoms with Crippen molar-refractivity contribution >= 4 is 27.7 Å². The van der Waals surface area contributed by atoms with Gasteiger partial charge >= 0.3 is 0 Å². The summed E-state index contributed by atoms with van der Waals surface area (Å²) in [5.41, 5.74) is 3.33. The molecule has 1 N–H and O–H groups in total. The van der Waals surface area contributed by atoms with Crippen molar-refractivity contribution in [3.8, 4) is 0 Å². The second-order valence-electron chi connectivity index (χ2n) is 8.45. The van der Waals surface area contributed by atoms with Crippen LogP contribution in [0.4, 0.5) is 5.69 Å². The number of amides is 1. The highest BCUT2D eigenvalue weighted by Crippen LogP contribution is 2.18. The largest absolute Gasteiger partial charge is 0.369 e. The molecule has 2 aromatic carbocycles. The Balaban J connectivity index is 1.41. The fourth-order valence-corrected chi connectivity index (χ4v) is 5.54. The smallest absolute Gasteiger partial charge is 0.244 e. The van der Waals surface area contributed by atoms with E-state index in [-0.39, 0.29) is 10.8 Å². The SMILES string of the molecule is CCN(CC)S(=O)(=O)c1ccc(/C=C/C(=O)NCCN2CCN(c3cccc(C)c3)CC2)cc1. The number of nitrogens with zero attached hydrogens (tertiary/aromatic N) is 3. The van der Waals surface area contributed by atoms with Crippen LogP contribution >= 0.6 is 0 Å². The first kappa shape index (κ1) is 25.9. The van der Waals surface area contributed by atoms with Gasteiger partial charge in [-0.05, 0) is 48.4 Å². The van der Waals surface area contributed by atoms with Crippen LogP contribution in [0.3, 0.4) is 0 Å². The van der Waals surface area contributed by atoms with Crippen molar-refractivity contribution in [3.63, 3.8) is 0 Å². The van der Waals surface area contributed by atoms with Crippen LogP contribution in [0.25, 0.3) is 6.08 Å². The molecular formula is C26H36N4O3S. The van der Waals surface area contributed by atoms with Gasteiger partial charge in [-0.25, -0.2) is 8.42 Å². The minimum atomic E-state index is -3.47. The topological polar surface area (TPSA) is 73.0 Å². The van der Waals surface area contributed by atoms with E-state index in [0.29, 0.717) is 19.6 Å². The van der Waals surface area contributed by atoms with Crippen molar-refractivity contribution < 1.29 is 13.2 Å². The highest BCUT2D eigenvalue weighted by molar-refractivity contribution is 7.89. The van der Waals surface area contributed by atoms with E-state index in [1.165, 1.54) is 21.6 Å². The number of benzene rings is 2. The van der Waals surface area contributed by atoms with Gasteiger partial charge in [0.2, 0.25) is 15.9 Å². The van der Waals surface area contributed by atoms with Crippen molar-refractivity contribution in [2.24, 2.45) is 0 Å². The minimum Gasteiger partial charge on any atom is -0.369 e. The standard InChI is InChI=1S/C26H36N4O3S/c1-4-30(5-2)34(32,33)25-12-9-23(10-13-25)11-14-26(31)27-15-16-28-17-19-29(20-18-28)24-8-6-7-22(3)21-24/h6-14,21H,4-5,15-20H2,1-3H3,(H,27,31)/b14-11+. The third-order valence-electron chi connectivity index (χ3n) is 6.12. The lowest BCUT2D eigenvalue weighted by Gasteiger charge is -2.36. The number of aryl methyl sites for hydroxylation is 1. The lowest BCUT2D eigenvalue weighted by atomic mass is 10.2. The van der Waals surface area contributed by atoms with Gasteiger partial charge in [0.25, 0.3) is 0 Å². The number of anilines is 1. The van der Waals surface area contributed by atoms with Crippen LogP contribution < -0.4 is 10.2 Å². The average Bonchev–Trinajstić information content (AvgIpc) is 2.84. The maximum absolute atomic E-state index is 12.6. The number of nitrogens with one attached hydrogen (secondary N) is 1. The summed E-state index contributed by atoms with van der Waals surface area (Å²) in [5, 5.41) is 2.93. The molecule has 1 amide bonds. The molecule has 34 heavy (non-hydrogen) atoms. The molecule has 1 saturated heterocycles. The molecule has 7 nitrogen and oxygen atoms in total. The van der Waals surface area contributed by atoms with Gasteiger partial charge in [0.15, 0.2) is 0 Å². The van der Waals surface area contributed by atoms with E-state index in [0.717, 1.165) is 38.3 Å². The molecule has 2 aromatic rings. The first-order chi connectivity index (χ1) is 16.3. The maximum atomic E-state index is 12.6. The van der Waals surface area contributed by atoms with Gasteiger partial charge < -0.3 is 10.2 Å². The molecule has 0 radical (unpaired) electrons. The van der Waals surface area contributed by atoms with Gasteiger partial charge in [0, 0.05) is 64.1 Å². The van der Waals surface area contributed by atoms with Crippen molar-refractivity contribution in [1.29, 1.82) is 0 Å². The second kappa shape index (κ2) is 12.1. The Morgan fingerprint density at radius 3 is 2.32 bits per heavy atom. The highest BCUT2D eigenvalue weighted by Gasteiger charge is 2.21. The quantitative estimate of drug-likeness (QED) is 0.525. The minimum absolute atomic E-state index is 0.154. The predicted octanol–water partition coefficient (Wildman–Crippen LogP) is 2.98. The number of hydrogen-bond acceptors (Lipinski definition) is 5. The van der Waals surface area contributed by atoms with Crippen molar-refractivity contribution in [2.75, 3.05) is 57.3 Å². The normalized spacial score (nSPS) is 15.2. The third-order valence-corrected chi connectivity index (χ3v) is 8.18. The summed E-state index contributed by atoms with van der Waals surface area (Å²) < 4.78 is 26.5. The summed E-state index contributed by atoms with van der Waals surface area (Å²) in [4.78, 5) is 17.2. The van der Waals surface area contributed by atoms with Crippen molar-refractivity contribution in [2.45, 2.75) is 25.7 Å². The first-order valence-corrected chi connectivity index (χ1v) is 13.4. The van der Waals surface area contributed by atoms with Crippen LogP contribution in [0.15, 0.2) is 59.5 Å². The summed E-state index contributed by atoms with van der Waals surface area (Å²) in [6.45, 7) is 12.0. The molecule has 1 aliphatic rings. The zero-order valence-corrected chi connectivity index (χ0v) is 21.2. The predicted molar refractivity (Wildman–Crippen MR) is 138 cm³/mol. The summed E-state index contributed by atoms with van der Waals surface area (Å²) in [6, 6.07) is 15.2. The van der Waals surface area contributed by atoms with Crippen LogP contribution in [0.5, 0.6) is 0 Å². The number of piperazine rings is 1. The van der Waals surface area contributed by atoms with Crippen LogP contribution in [-0.4, -0.2) is 75.9 Å². The fourth-order valence-electron chi connectivity index (χ4n) is 4.09. The van der Waals surface area contributed by atoms with Crippen molar-refractivity contribution in [1.82, 2.24) is 14.5 Å². The Morgan fingerprint density at radius 1 is 1.03 bits per heavy atom. The molecule has 0 atom stereocenters. The molecule has 0 aliphatic carbocycles. The van der Waals surface area contributed by atoms with Gasteiger partial charge in [-0.2, -0.15) is 4.31 Å². The number of carbonyl (C=O) groups is 1. The summed E-state index contributed by atoms with van der Waals surface area (Å²) in [6.07, 6.45) is 3.19. The van der Waals surface area contributed by atoms with Crippen LogP contribution in [0.2, 0.25) is 0 Å². The van der Waals surface area contributed by atoms with Crippen LogP contribution in [0, 0.1) is 6.92 Å². The lowest BCUT2D eigenvalue weighted by molar-refractivity contribution is -0.116. The monoisotopic (exact) mass is 484 g/mol. The molecule has 0 unspecified atom stereocenters. The van der Waals surface area contributed by atoms with Gasteiger partial charge in [0.1, 0.15) is 0 Å². The molecule has 0 saturated carbocycles. The number of hydrogen-bond donors (Lipinski definition) is 1. The fraction of sp³-hybridized carbons (Fsp3) is 0.423. The van der Waals surface area contributed by atoms with E-state index in [2.05, 4.69) is 46.3 Å². The molecule has 1 aliphatic heterocycles. The summed E-state index contributed by atoms with van der Waals surface area (Å²) in [7, 11) is -3.47. The molecular weight excluding hydrogens is 448 g/mol. The Hall–Kier alpha value is -2.68. The van der Waals surface area contributed by atoms with Crippen molar-refractivity contribution in [3.05, 3.63) is 65.7 Å². The first-order valence-electron chi connectivity index (χ1n) is 11.9. The van der Waals surface area contributed by atoms with Gasteiger partial charge in [-0.1, -0.05) is 38.1 Å². The molecule has 8 heteroatoms. The second-order valence-corrected chi connectivity index (χ2v) is 10.4. The van der Waals surface area contributed by atoms with Gasteiger partial charge in [-0.3, -0.25) is 9.69 Å². The molecule has 0 aromatic heterocycles. The number of carbonyl (C=O) groups excluding carboxylic acids is 1. The van der Waals surface area contributed by atoms with E-state index in [1.54, 1.807) is 30.3 Å². The molecule has 1 heterocycles. The number of rotatable bonds is 10. The Morgan fingerprint density at radius 2 is 1.71 bits per heavy atom. The van der Waals surface area contributed by atoms with E-state index >= 15 is 0 Å². The van der Waals surface area contributed by atoms with Crippen LogP contribution in [0.1, 0.15) is 25.0 Å². The molecule has 0 bridgehead atoms. The average molecular weight is 485 g/mol. The van der Waals surface area contributed by atoms with Gasteiger partial charge in [-0.15, -0.1) is 0 Å². The lowest BCUT2D eigenvalue weighted by Crippen LogP contribution is -2.48. The summed E-state index contributed by atoms with van der Waals surface area (Å²) in [5.74, 6) is -0.154. The zero-order valence-electron chi connectivity index (χ0n) is 20.4. The molecule has 3 rings (SSSR count). The Labute approximate surface area is 204 Å². The zero-order chi connectivity index (χ0) is 24.6. The highest BCUT2D eigenvalue weighted by atomic mass is 32.2. The molecule has 0 spiro atoms. The van der Waals surface area contributed by atoms with E-state index in [4.69, 9.17) is 0 Å². The Kier molecular flexibility index (Phi) is 9.27. The summed E-state index contributed by atoms with van der Waals surface area (Å²) >= 11 is 0. The molecule has 1 fully saturated rings. The van der Waals surface area contributed by atoms with E-state index in [9.17, 15) is 13.2 Å². The van der Waals surface area contributed by atoms with E-state index in [1.807, 2.05) is 13.8 Å². The van der Waals surface area contributed by atoms with Gasteiger partial charge in [0.05, 0.1) is 4.90 Å².